The summed E-state index contributed by atoms with van der Waals surface area (Å²) in [6.07, 6.45) is 1.29. The lowest BCUT2D eigenvalue weighted by atomic mass is 9.76. The molecule has 0 saturated heterocycles. The van der Waals surface area contributed by atoms with Gasteiger partial charge in [-0.25, -0.2) is 0 Å². The number of rotatable bonds is 7. The average molecular weight is 263 g/mol. The lowest BCUT2D eigenvalue weighted by molar-refractivity contribution is -0.128. The number of benzene rings is 1. The molecule has 0 spiro atoms. The maximum Gasteiger partial charge on any atom is 0.224 e. The zero-order valence-electron chi connectivity index (χ0n) is 11.7. The van der Waals surface area contributed by atoms with Crippen molar-refractivity contribution in [3.05, 3.63) is 29.8 Å². The van der Waals surface area contributed by atoms with E-state index in [1.807, 2.05) is 13.8 Å². The van der Waals surface area contributed by atoms with Crippen LogP contribution in [0.5, 0.6) is 5.75 Å². The third-order valence-electron chi connectivity index (χ3n) is 3.79. The summed E-state index contributed by atoms with van der Waals surface area (Å²) in [5.41, 5.74) is 5.29. The second-order valence-electron chi connectivity index (χ2n) is 4.68. The molecule has 0 saturated carbocycles. The first-order valence-electron chi connectivity index (χ1n) is 6.46. The van der Waals surface area contributed by atoms with Crippen LogP contribution in [0.15, 0.2) is 24.3 Å². The Morgan fingerprint density at radius 2 is 1.68 bits per heavy atom. The van der Waals surface area contributed by atoms with Gasteiger partial charge in [0, 0.05) is 12.0 Å². The molecule has 0 radical (unpaired) electrons. The summed E-state index contributed by atoms with van der Waals surface area (Å²) in [7, 11) is 1.57. The first kappa shape index (κ1) is 15.2. The van der Waals surface area contributed by atoms with Gasteiger partial charge < -0.3 is 10.5 Å². The Bertz CT molecular complexity index is 447. The Morgan fingerprint density at radius 3 is 2.05 bits per heavy atom. The Balaban J connectivity index is 2.90. The molecule has 1 rings (SSSR count). The fourth-order valence-corrected chi connectivity index (χ4v) is 2.12. The number of ether oxygens (including phenoxy) is 1. The van der Waals surface area contributed by atoms with E-state index in [1.54, 1.807) is 31.4 Å². The van der Waals surface area contributed by atoms with E-state index in [1.165, 1.54) is 0 Å². The van der Waals surface area contributed by atoms with Gasteiger partial charge in [-0.05, 0) is 37.1 Å². The van der Waals surface area contributed by atoms with Crippen LogP contribution in [0, 0.1) is 5.41 Å². The Morgan fingerprint density at radius 1 is 1.16 bits per heavy atom. The number of Topliss-reactive ketones (excluding diaryl/α,β-unsaturated/α-hetero) is 1. The Kier molecular flexibility index (Phi) is 5.10. The van der Waals surface area contributed by atoms with Crippen LogP contribution in [0.25, 0.3) is 0 Å². The maximum atomic E-state index is 12.2. The molecule has 4 heteroatoms. The molecular formula is C15H21NO3. The minimum Gasteiger partial charge on any atom is -0.497 e. The summed E-state index contributed by atoms with van der Waals surface area (Å²) in [5, 5.41) is 0. The van der Waals surface area contributed by atoms with Crippen LogP contribution < -0.4 is 10.5 Å². The smallest absolute Gasteiger partial charge is 0.224 e. The monoisotopic (exact) mass is 263 g/mol. The molecule has 0 fully saturated rings. The van der Waals surface area contributed by atoms with E-state index < -0.39 is 11.3 Å². The summed E-state index contributed by atoms with van der Waals surface area (Å²) < 4.78 is 5.04. The minimum absolute atomic E-state index is 0.0647. The SMILES string of the molecule is CCC(CC)(CC(=O)c1ccc(OC)cc1)C(N)=O. The number of carbonyl (C=O) groups is 2. The second kappa shape index (κ2) is 6.36. The zero-order valence-corrected chi connectivity index (χ0v) is 11.7. The van der Waals surface area contributed by atoms with Gasteiger partial charge in [0.1, 0.15) is 5.75 Å². The van der Waals surface area contributed by atoms with Gasteiger partial charge in [0.15, 0.2) is 5.78 Å². The summed E-state index contributed by atoms with van der Waals surface area (Å²) in [4.78, 5) is 23.8. The molecule has 1 amide bonds. The van der Waals surface area contributed by atoms with Gasteiger partial charge in [0.2, 0.25) is 5.91 Å². The minimum atomic E-state index is -0.739. The molecule has 0 aliphatic heterocycles. The lowest BCUT2D eigenvalue weighted by Gasteiger charge is -2.27. The fourth-order valence-electron chi connectivity index (χ4n) is 2.12. The molecule has 0 heterocycles. The lowest BCUT2D eigenvalue weighted by Crippen LogP contribution is -2.38. The first-order valence-corrected chi connectivity index (χ1v) is 6.46. The highest BCUT2D eigenvalue weighted by Gasteiger charge is 2.35. The topological polar surface area (TPSA) is 69.4 Å². The van der Waals surface area contributed by atoms with Gasteiger partial charge in [-0.3, -0.25) is 9.59 Å². The normalized spacial score (nSPS) is 11.1. The molecule has 0 aromatic heterocycles. The van der Waals surface area contributed by atoms with E-state index in [4.69, 9.17) is 10.5 Å². The molecule has 0 atom stereocenters. The standard InChI is InChI=1S/C15H21NO3/c1-4-15(5-2,14(16)18)10-13(17)11-6-8-12(19-3)9-7-11/h6-9H,4-5,10H2,1-3H3,(H2,16,18). The van der Waals surface area contributed by atoms with Crippen LogP contribution in [0.1, 0.15) is 43.5 Å². The molecule has 2 N–H and O–H groups in total. The number of hydrogen-bond donors (Lipinski definition) is 1. The van der Waals surface area contributed by atoms with E-state index in [0.717, 1.165) is 0 Å². The van der Waals surface area contributed by atoms with Crippen LogP contribution >= 0.6 is 0 Å². The van der Waals surface area contributed by atoms with E-state index in [-0.39, 0.29) is 12.2 Å². The van der Waals surface area contributed by atoms with Crippen molar-refractivity contribution in [1.29, 1.82) is 0 Å². The molecule has 4 nitrogen and oxygen atoms in total. The molecular weight excluding hydrogens is 242 g/mol. The zero-order chi connectivity index (χ0) is 14.5. The molecule has 0 aliphatic carbocycles. The predicted molar refractivity (Wildman–Crippen MR) is 74.2 cm³/mol. The second-order valence-corrected chi connectivity index (χ2v) is 4.68. The van der Waals surface area contributed by atoms with Gasteiger partial charge >= 0.3 is 0 Å². The van der Waals surface area contributed by atoms with Crippen molar-refractivity contribution in [2.45, 2.75) is 33.1 Å². The Hall–Kier alpha value is -1.84. The number of methoxy groups -OCH3 is 1. The first-order chi connectivity index (χ1) is 8.99. The van der Waals surface area contributed by atoms with E-state index in [2.05, 4.69) is 0 Å². The van der Waals surface area contributed by atoms with Crippen molar-refractivity contribution in [2.75, 3.05) is 7.11 Å². The van der Waals surface area contributed by atoms with Crippen molar-refractivity contribution < 1.29 is 14.3 Å². The summed E-state index contributed by atoms with van der Waals surface area (Å²) >= 11 is 0. The number of carbonyl (C=O) groups excluding carboxylic acids is 2. The van der Waals surface area contributed by atoms with Crippen molar-refractivity contribution in [3.8, 4) is 5.75 Å². The van der Waals surface area contributed by atoms with Crippen molar-refractivity contribution in [3.63, 3.8) is 0 Å². The molecule has 104 valence electrons. The number of ketones is 1. The predicted octanol–water partition coefficient (Wildman–Crippen LogP) is 2.56. The van der Waals surface area contributed by atoms with E-state index >= 15 is 0 Å². The van der Waals surface area contributed by atoms with Crippen molar-refractivity contribution >= 4 is 11.7 Å². The number of primary amides is 1. The van der Waals surface area contributed by atoms with Crippen LogP contribution in [0.3, 0.4) is 0 Å². The highest BCUT2D eigenvalue weighted by molar-refractivity contribution is 5.99. The quantitative estimate of drug-likeness (QED) is 0.769. The van der Waals surface area contributed by atoms with Crippen LogP contribution in [0.4, 0.5) is 0 Å². The maximum absolute atomic E-state index is 12.2. The number of amides is 1. The highest BCUT2D eigenvalue weighted by Crippen LogP contribution is 2.32. The van der Waals surface area contributed by atoms with Gasteiger partial charge in [-0.1, -0.05) is 13.8 Å². The van der Waals surface area contributed by atoms with Crippen LogP contribution in [-0.4, -0.2) is 18.8 Å². The van der Waals surface area contributed by atoms with Gasteiger partial charge in [-0.2, -0.15) is 0 Å². The van der Waals surface area contributed by atoms with E-state index in [9.17, 15) is 9.59 Å². The third-order valence-corrected chi connectivity index (χ3v) is 3.79. The van der Waals surface area contributed by atoms with Crippen LogP contribution in [0.2, 0.25) is 0 Å². The summed E-state index contributed by atoms with van der Waals surface area (Å²) in [5.74, 6) is 0.230. The van der Waals surface area contributed by atoms with Gasteiger partial charge in [0.25, 0.3) is 0 Å². The summed E-state index contributed by atoms with van der Waals surface area (Å²) in [6.45, 7) is 3.77. The molecule has 1 aromatic carbocycles. The Labute approximate surface area is 113 Å². The molecule has 19 heavy (non-hydrogen) atoms. The fraction of sp³-hybridized carbons (Fsp3) is 0.467. The molecule has 0 unspecified atom stereocenters. The van der Waals surface area contributed by atoms with Crippen LogP contribution in [-0.2, 0) is 4.79 Å². The number of hydrogen-bond acceptors (Lipinski definition) is 3. The van der Waals surface area contributed by atoms with Gasteiger partial charge in [0.05, 0.1) is 12.5 Å². The summed E-state index contributed by atoms with van der Waals surface area (Å²) in [6, 6.07) is 6.88. The number of nitrogens with two attached hydrogens (primary N) is 1. The highest BCUT2D eigenvalue weighted by atomic mass is 16.5. The largest absolute Gasteiger partial charge is 0.497 e. The molecule has 0 bridgehead atoms. The van der Waals surface area contributed by atoms with Gasteiger partial charge in [-0.15, -0.1) is 0 Å². The molecule has 0 aliphatic rings. The molecule has 1 aromatic rings. The third kappa shape index (κ3) is 3.34. The van der Waals surface area contributed by atoms with Crippen molar-refractivity contribution in [1.82, 2.24) is 0 Å². The average Bonchev–Trinajstić information content (AvgIpc) is 2.44. The van der Waals surface area contributed by atoms with Crippen molar-refractivity contribution in [2.24, 2.45) is 11.1 Å². The van der Waals surface area contributed by atoms with E-state index in [0.29, 0.717) is 24.2 Å².